The number of thioether (sulfide) groups is 1. The van der Waals surface area contributed by atoms with E-state index in [1.54, 1.807) is 24.3 Å². The molecule has 0 saturated heterocycles. The second kappa shape index (κ2) is 9.94. The summed E-state index contributed by atoms with van der Waals surface area (Å²) in [7, 11) is 0. The Bertz CT molecular complexity index is 985. The molecule has 0 atom stereocenters. The number of amides is 1. The average molecular weight is 406 g/mol. The van der Waals surface area contributed by atoms with Crippen LogP contribution in [0.5, 0.6) is 0 Å². The van der Waals surface area contributed by atoms with Gasteiger partial charge in [0.15, 0.2) is 0 Å². The summed E-state index contributed by atoms with van der Waals surface area (Å²) in [6.07, 6.45) is 0. The maximum absolute atomic E-state index is 12.3. The highest BCUT2D eigenvalue weighted by Gasteiger charge is 2.09. The van der Waals surface area contributed by atoms with Crippen molar-refractivity contribution in [2.75, 3.05) is 11.1 Å². The molecule has 29 heavy (non-hydrogen) atoms. The second-order valence-electron chi connectivity index (χ2n) is 6.74. The number of ether oxygens (including phenoxy) is 1. The highest BCUT2D eigenvalue weighted by Crippen LogP contribution is 2.23. The summed E-state index contributed by atoms with van der Waals surface area (Å²) < 4.78 is 5.36. The lowest BCUT2D eigenvalue weighted by atomic mass is 10.1. The molecule has 0 aromatic heterocycles. The molecule has 0 fully saturated rings. The van der Waals surface area contributed by atoms with Crippen LogP contribution in [0.1, 0.15) is 27.0 Å². The van der Waals surface area contributed by atoms with Gasteiger partial charge in [0.25, 0.3) is 5.91 Å². The number of hydrogen-bond donors (Lipinski definition) is 1. The smallest absolute Gasteiger partial charge is 0.316 e. The number of hydrogen-bond acceptors (Lipinski definition) is 4. The molecule has 148 valence electrons. The molecule has 0 spiro atoms. The lowest BCUT2D eigenvalue weighted by Gasteiger charge is -2.08. The Morgan fingerprint density at radius 3 is 2.38 bits per heavy atom. The number of rotatable bonds is 7. The van der Waals surface area contributed by atoms with Gasteiger partial charge in [0.05, 0.1) is 5.75 Å². The van der Waals surface area contributed by atoms with Gasteiger partial charge in [-0.25, -0.2) is 0 Å². The molecule has 0 aliphatic carbocycles. The van der Waals surface area contributed by atoms with Gasteiger partial charge in [-0.1, -0.05) is 48.0 Å². The Hall–Kier alpha value is -3.05. The fraction of sp³-hybridized carbons (Fsp3) is 0.167. The number of para-hydroxylation sites is 1. The average Bonchev–Trinajstić information content (AvgIpc) is 2.74. The van der Waals surface area contributed by atoms with E-state index in [9.17, 15) is 9.59 Å². The predicted molar refractivity (Wildman–Crippen MR) is 117 cm³/mol. The first-order valence-corrected chi connectivity index (χ1v) is 10.3. The molecule has 0 unspecified atom stereocenters. The van der Waals surface area contributed by atoms with Gasteiger partial charge in [0, 0.05) is 16.1 Å². The van der Waals surface area contributed by atoms with Crippen LogP contribution >= 0.6 is 11.8 Å². The molecule has 0 radical (unpaired) electrons. The Kier molecular flexibility index (Phi) is 7.09. The van der Waals surface area contributed by atoms with Gasteiger partial charge >= 0.3 is 5.97 Å². The molecular weight excluding hydrogens is 382 g/mol. The number of carbonyl (C=O) groups is 2. The van der Waals surface area contributed by atoms with Gasteiger partial charge in [-0.05, 0) is 55.3 Å². The maximum Gasteiger partial charge on any atom is 0.316 e. The van der Waals surface area contributed by atoms with E-state index < -0.39 is 0 Å². The zero-order chi connectivity index (χ0) is 20.6. The monoisotopic (exact) mass is 405 g/mol. The summed E-state index contributed by atoms with van der Waals surface area (Å²) in [5.74, 6) is -0.173. The van der Waals surface area contributed by atoms with Crippen molar-refractivity contribution in [3.05, 3.63) is 95.1 Å². The van der Waals surface area contributed by atoms with Crippen molar-refractivity contribution in [2.24, 2.45) is 0 Å². The van der Waals surface area contributed by atoms with Gasteiger partial charge in [0.1, 0.15) is 6.61 Å². The van der Waals surface area contributed by atoms with Crippen LogP contribution in [0.4, 0.5) is 5.69 Å². The van der Waals surface area contributed by atoms with Crippen molar-refractivity contribution in [2.45, 2.75) is 25.3 Å². The molecule has 3 aromatic rings. The van der Waals surface area contributed by atoms with E-state index in [1.807, 2.05) is 44.2 Å². The van der Waals surface area contributed by atoms with Crippen LogP contribution < -0.4 is 5.32 Å². The van der Waals surface area contributed by atoms with E-state index in [0.29, 0.717) is 5.56 Å². The highest BCUT2D eigenvalue weighted by molar-refractivity contribution is 8.00. The molecule has 0 saturated carbocycles. The van der Waals surface area contributed by atoms with Crippen molar-refractivity contribution in [3.63, 3.8) is 0 Å². The minimum absolute atomic E-state index is 0.176. The fourth-order valence-electron chi connectivity index (χ4n) is 2.68. The van der Waals surface area contributed by atoms with E-state index in [1.165, 1.54) is 17.3 Å². The summed E-state index contributed by atoms with van der Waals surface area (Å²) in [6, 6.07) is 22.5. The summed E-state index contributed by atoms with van der Waals surface area (Å²) in [4.78, 5) is 25.4. The molecule has 3 aromatic carbocycles. The van der Waals surface area contributed by atoms with Crippen LogP contribution in [0.15, 0.2) is 77.7 Å². The third kappa shape index (κ3) is 6.22. The third-order valence-corrected chi connectivity index (χ3v) is 5.47. The summed E-state index contributed by atoms with van der Waals surface area (Å²) in [6.45, 7) is 4.25. The first-order valence-electron chi connectivity index (χ1n) is 9.32. The Balaban J connectivity index is 1.47. The number of carbonyl (C=O) groups excluding carboxylic acids is 2. The first-order chi connectivity index (χ1) is 14.0. The van der Waals surface area contributed by atoms with Crippen molar-refractivity contribution < 1.29 is 14.3 Å². The third-order valence-electron chi connectivity index (χ3n) is 4.34. The van der Waals surface area contributed by atoms with Crippen LogP contribution in [0.2, 0.25) is 0 Å². The first kappa shape index (κ1) is 20.7. The van der Waals surface area contributed by atoms with Crippen molar-refractivity contribution in [1.82, 2.24) is 0 Å². The van der Waals surface area contributed by atoms with Crippen molar-refractivity contribution in [3.8, 4) is 0 Å². The van der Waals surface area contributed by atoms with Crippen LogP contribution in [-0.4, -0.2) is 17.6 Å². The Morgan fingerprint density at radius 1 is 0.931 bits per heavy atom. The normalized spacial score (nSPS) is 10.4. The Morgan fingerprint density at radius 2 is 1.66 bits per heavy atom. The molecule has 3 rings (SSSR count). The van der Waals surface area contributed by atoms with E-state index >= 15 is 0 Å². The molecule has 0 bridgehead atoms. The lowest BCUT2D eigenvalue weighted by Crippen LogP contribution is -2.12. The van der Waals surface area contributed by atoms with Gasteiger partial charge in [-0.2, -0.15) is 0 Å². The van der Waals surface area contributed by atoms with Crippen molar-refractivity contribution >= 4 is 29.3 Å². The molecule has 0 aliphatic heterocycles. The number of benzene rings is 3. The van der Waals surface area contributed by atoms with Gasteiger partial charge in [-0.15, -0.1) is 11.8 Å². The van der Waals surface area contributed by atoms with E-state index in [4.69, 9.17) is 4.74 Å². The standard InChI is InChI=1S/C24H23NO3S/c1-17-8-9-18(2)22(14-17)29-16-23(26)28-15-19-10-12-20(13-11-19)24(27)25-21-6-4-3-5-7-21/h3-14H,15-16H2,1-2H3,(H,25,27). The fourth-order valence-corrected chi connectivity index (χ4v) is 3.60. The summed E-state index contributed by atoms with van der Waals surface area (Å²) >= 11 is 1.48. The lowest BCUT2D eigenvalue weighted by molar-refractivity contribution is -0.141. The maximum atomic E-state index is 12.3. The minimum atomic E-state index is -0.262. The largest absolute Gasteiger partial charge is 0.460 e. The number of esters is 1. The van der Waals surface area contributed by atoms with Gasteiger partial charge < -0.3 is 10.1 Å². The molecule has 5 heteroatoms. The molecule has 1 amide bonds. The summed E-state index contributed by atoms with van der Waals surface area (Å²) in [5, 5.41) is 2.84. The molecule has 1 N–H and O–H groups in total. The Labute approximate surface area is 175 Å². The molecular formula is C24H23NO3S. The van der Waals surface area contributed by atoms with Crippen molar-refractivity contribution in [1.29, 1.82) is 0 Å². The van der Waals surface area contributed by atoms with Crippen LogP contribution in [0, 0.1) is 13.8 Å². The van der Waals surface area contributed by atoms with Crippen LogP contribution in [-0.2, 0) is 16.1 Å². The second-order valence-corrected chi connectivity index (χ2v) is 7.75. The quantitative estimate of drug-likeness (QED) is 0.423. The summed E-state index contributed by atoms with van der Waals surface area (Å²) in [5.41, 5.74) is 4.46. The zero-order valence-electron chi connectivity index (χ0n) is 16.5. The zero-order valence-corrected chi connectivity index (χ0v) is 17.3. The van der Waals surface area contributed by atoms with Gasteiger partial charge in [-0.3, -0.25) is 9.59 Å². The topological polar surface area (TPSA) is 55.4 Å². The number of nitrogens with one attached hydrogen (secondary N) is 1. The van der Waals surface area contributed by atoms with Crippen LogP contribution in [0.25, 0.3) is 0 Å². The predicted octanol–water partition coefficient (Wildman–Crippen LogP) is 5.39. The van der Waals surface area contributed by atoms with E-state index in [2.05, 4.69) is 23.5 Å². The molecule has 4 nitrogen and oxygen atoms in total. The van der Waals surface area contributed by atoms with Crippen LogP contribution in [0.3, 0.4) is 0 Å². The van der Waals surface area contributed by atoms with Gasteiger partial charge in [0.2, 0.25) is 0 Å². The number of aryl methyl sites for hydroxylation is 2. The van der Waals surface area contributed by atoms with E-state index in [-0.39, 0.29) is 24.2 Å². The molecule has 0 heterocycles. The molecule has 0 aliphatic rings. The number of anilines is 1. The van der Waals surface area contributed by atoms with E-state index in [0.717, 1.165) is 21.7 Å². The minimum Gasteiger partial charge on any atom is -0.460 e. The highest BCUT2D eigenvalue weighted by atomic mass is 32.2. The SMILES string of the molecule is Cc1ccc(C)c(SCC(=O)OCc2ccc(C(=O)Nc3ccccc3)cc2)c1.